The summed E-state index contributed by atoms with van der Waals surface area (Å²) in [6.07, 6.45) is 1.98. The second kappa shape index (κ2) is 4.52. The van der Waals surface area contributed by atoms with E-state index in [2.05, 4.69) is 0 Å². The Bertz CT molecular complexity index is 510. The maximum absolute atomic E-state index is 11.3. The molecule has 0 spiro atoms. The Morgan fingerprint density at radius 1 is 1.29 bits per heavy atom. The fourth-order valence-electron chi connectivity index (χ4n) is 1.78. The summed E-state index contributed by atoms with van der Waals surface area (Å²) in [5.74, 6) is 0. The molecule has 1 heterocycles. The molecule has 0 aliphatic carbocycles. The molecule has 94 valence electrons. The van der Waals surface area contributed by atoms with Gasteiger partial charge in [-0.15, -0.1) is 0 Å². The second-order valence-electron chi connectivity index (χ2n) is 3.88. The number of sulfonamides is 1. The van der Waals surface area contributed by atoms with Gasteiger partial charge in [-0.2, -0.15) is 0 Å². The predicted octanol–water partition coefficient (Wildman–Crippen LogP) is 0.448. The van der Waals surface area contributed by atoms with E-state index >= 15 is 0 Å². The van der Waals surface area contributed by atoms with Gasteiger partial charge in [-0.1, -0.05) is 6.07 Å². The monoisotopic (exact) mass is 257 g/mol. The van der Waals surface area contributed by atoms with Gasteiger partial charge in [0.05, 0.1) is 18.0 Å². The van der Waals surface area contributed by atoms with E-state index in [-0.39, 0.29) is 10.6 Å². The summed E-state index contributed by atoms with van der Waals surface area (Å²) >= 11 is 0. The number of hydrogen-bond acceptors (Lipinski definition) is 5. The number of nitrogens with two attached hydrogens (primary N) is 2. The van der Waals surface area contributed by atoms with Crippen LogP contribution in [-0.4, -0.2) is 21.6 Å². The summed E-state index contributed by atoms with van der Waals surface area (Å²) in [6.45, 7) is 1.30. The summed E-state index contributed by atoms with van der Waals surface area (Å²) in [5.41, 5.74) is 6.51. The first kappa shape index (κ1) is 12.2. The van der Waals surface area contributed by atoms with E-state index in [1.807, 2.05) is 0 Å². The largest absolute Gasteiger partial charge is 0.396 e. The number of para-hydroxylation sites is 1. The molecule has 1 saturated heterocycles. The van der Waals surface area contributed by atoms with Crippen LogP contribution in [0.1, 0.15) is 12.8 Å². The smallest absolute Gasteiger partial charge is 0.240 e. The van der Waals surface area contributed by atoms with E-state index in [1.165, 1.54) is 6.07 Å². The number of nitrogen functional groups attached to an aromatic ring is 1. The number of primary sulfonamides is 1. The lowest BCUT2D eigenvalue weighted by Gasteiger charge is -2.29. The van der Waals surface area contributed by atoms with E-state index in [0.29, 0.717) is 18.8 Å². The SMILES string of the molecule is Nc1c(N2CCCCO2)cccc1S(N)(=O)=O. The molecule has 1 fully saturated rings. The van der Waals surface area contributed by atoms with Gasteiger partial charge in [-0.25, -0.2) is 13.6 Å². The minimum Gasteiger partial charge on any atom is -0.396 e. The maximum atomic E-state index is 11.3. The number of nitrogens with zero attached hydrogens (tertiary/aromatic N) is 1. The molecule has 0 radical (unpaired) electrons. The highest BCUT2D eigenvalue weighted by molar-refractivity contribution is 7.89. The van der Waals surface area contributed by atoms with E-state index in [0.717, 1.165) is 12.8 Å². The molecule has 0 aromatic heterocycles. The predicted molar refractivity (Wildman–Crippen MR) is 64.8 cm³/mol. The lowest BCUT2D eigenvalue weighted by atomic mass is 10.2. The summed E-state index contributed by atoms with van der Waals surface area (Å²) in [4.78, 5) is 5.36. The number of rotatable bonds is 2. The molecular weight excluding hydrogens is 242 g/mol. The zero-order valence-electron chi connectivity index (χ0n) is 9.30. The lowest BCUT2D eigenvalue weighted by Crippen LogP contribution is -2.31. The van der Waals surface area contributed by atoms with E-state index in [9.17, 15) is 8.42 Å². The van der Waals surface area contributed by atoms with E-state index in [4.69, 9.17) is 15.7 Å². The van der Waals surface area contributed by atoms with Crippen molar-refractivity contribution in [2.45, 2.75) is 17.7 Å². The molecule has 1 aromatic rings. The third-order valence-electron chi connectivity index (χ3n) is 2.62. The van der Waals surface area contributed by atoms with Gasteiger partial charge < -0.3 is 5.73 Å². The standard InChI is InChI=1S/C10H15N3O3S/c11-10-8(13-6-1-2-7-16-13)4-3-5-9(10)17(12,14)15/h3-5H,1-2,6-7,11H2,(H2,12,14,15). The molecule has 0 unspecified atom stereocenters. The van der Waals surface area contributed by atoms with Crippen LogP contribution in [0.3, 0.4) is 0 Å². The Balaban J connectivity index is 2.42. The van der Waals surface area contributed by atoms with Crippen molar-refractivity contribution in [1.29, 1.82) is 0 Å². The Kier molecular flexibility index (Phi) is 3.23. The fourth-order valence-corrected chi connectivity index (χ4v) is 2.46. The topological polar surface area (TPSA) is 98.6 Å². The zero-order chi connectivity index (χ0) is 12.5. The summed E-state index contributed by atoms with van der Waals surface area (Å²) < 4.78 is 22.7. The first-order valence-electron chi connectivity index (χ1n) is 5.32. The summed E-state index contributed by atoms with van der Waals surface area (Å²) in [5, 5.41) is 6.71. The molecular formula is C10H15N3O3S. The molecule has 4 N–H and O–H groups in total. The Hall–Kier alpha value is -1.31. The van der Waals surface area contributed by atoms with Crippen molar-refractivity contribution in [2.75, 3.05) is 23.9 Å². The number of anilines is 2. The molecule has 0 bridgehead atoms. The van der Waals surface area contributed by atoms with Crippen LogP contribution >= 0.6 is 0 Å². The van der Waals surface area contributed by atoms with Crippen LogP contribution in [0.15, 0.2) is 23.1 Å². The van der Waals surface area contributed by atoms with Crippen molar-refractivity contribution >= 4 is 21.4 Å². The summed E-state index contributed by atoms with van der Waals surface area (Å²) in [6, 6.07) is 4.71. The average molecular weight is 257 g/mol. The van der Waals surface area contributed by atoms with Gasteiger partial charge >= 0.3 is 0 Å². The van der Waals surface area contributed by atoms with Crippen LogP contribution in [0.5, 0.6) is 0 Å². The van der Waals surface area contributed by atoms with Crippen molar-refractivity contribution in [1.82, 2.24) is 0 Å². The van der Waals surface area contributed by atoms with Gasteiger partial charge in [-0.05, 0) is 25.0 Å². The molecule has 0 saturated carbocycles. The van der Waals surface area contributed by atoms with Crippen molar-refractivity contribution in [2.24, 2.45) is 5.14 Å². The van der Waals surface area contributed by atoms with Crippen LogP contribution in [-0.2, 0) is 14.9 Å². The highest BCUT2D eigenvalue weighted by Crippen LogP contribution is 2.30. The highest BCUT2D eigenvalue weighted by Gasteiger charge is 2.20. The number of benzene rings is 1. The lowest BCUT2D eigenvalue weighted by molar-refractivity contribution is 0.0780. The van der Waals surface area contributed by atoms with Crippen LogP contribution in [0, 0.1) is 0 Å². The Morgan fingerprint density at radius 2 is 2.06 bits per heavy atom. The van der Waals surface area contributed by atoms with E-state index < -0.39 is 10.0 Å². The van der Waals surface area contributed by atoms with Gasteiger partial charge in [0, 0.05) is 6.54 Å². The quantitative estimate of drug-likeness (QED) is 0.749. The van der Waals surface area contributed by atoms with Crippen molar-refractivity contribution in [3.63, 3.8) is 0 Å². The third-order valence-corrected chi connectivity index (χ3v) is 3.59. The number of hydrogen-bond donors (Lipinski definition) is 2. The molecule has 2 rings (SSSR count). The van der Waals surface area contributed by atoms with Crippen molar-refractivity contribution in [3.8, 4) is 0 Å². The molecule has 17 heavy (non-hydrogen) atoms. The molecule has 1 aromatic carbocycles. The van der Waals surface area contributed by atoms with Crippen LogP contribution in [0.25, 0.3) is 0 Å². The zero-order valence-corrected chi connectivity index (χ0v) is 10.1. The molecule has 0 atom stereocenters. The molecule has 1 aliphatic rings. The van der Waals surface area contributed by atoms with Gasteiger partial charge in [-0.3, -0.25) is 9.90 Å². The van der Waals surface area contributed by atoms with Gasteiger partial charge in [0.2, 0.25) is 10.0 Å². The van der Waals surface area contributed by atoms with Gasteiger partial charge in [0.15, 0.2) is 0 Å². The number of hydroxylamine groups is 1. The van der Waals surface area contributed by atoms with Gasteiger partial charge in [0.25, 0.3) is 0 Å². The molecule has 0 amide bonds. The first-order chi connectivity index (χ1) is 8.00. The minimum atomic E-state index is -3.80. The first-order valence-corrected chi connectivity index (χ1v) is 6.86. The Labute approximate surface area is 100 Å². The normalized spacial score (nSPS) is 17.1. The maximum Gasteiger partial charge on any atom is 0.240 e. The van der Waals surface area contributed by atoms with Gasteiger partial charge in [0.1, 0.15) is 4.90 Å². The Morgan fingerprint density at radius 3 is 2.65 bits per heavy atom. The van der Waals surface area contributed by atoms with Crippen LogP contribution in [0.4, 0.5) is 11.4 Å². The molecule has 7 heteroatoms. The van der Waals surface area contributed by atoms with Crippen molar-refractivity contribution in [3.05, 3.63) is 18.2 Å². The third kappa shape index (κ3) is 2.51. The second-order valence-corrected chi connectivity index (χ2v) is 5.41. The fraction of sp³-hybridized carbons (Fsp3) is 0.400. The highest BCUT2D eigenvalue weighted by atomic mass is 32.2. The van der Waals surface area contributed by atoms with Crippen LogP contribution in [0.2, 0.25) is 0 Å². The average Bonchev–Trinajstić information content (AvgIpc) is 2.29. The van der Waals surface area contributed by atoms with Crippen molar-refractivity contribution < 1.29 is 13.3 Å². The van der Waals surface area contributed by atoms with E-state index in [1.54, 1.807) is 17.2 Å². The van der Waals surface area contributed by atoms with Crippen LogP contribution < -0.4 is 15.9 Å². The molecule has 6 nitrogen and oxygen atoms in total. The molecule has 1 aliphatic heterocycles. The summed E-state index contributed by atoms with van der Waals surface area (Å²) in [7, 11) is -3.80. The minimum absolute atomic E-state index is 0.0656.